The lowest BCUT2D eigenvalue weighted by molar-refractivity contribution is 0.660. The van der Waals surface area contributed by atoms with Crippen LogP contribution in [0.1, 0.15) is 36.1 Å². The standard InChI is InChI=1S/C11H20N2OS2/c1-9(2)10-7-13-11(15-10)8-12-5-4-6-16(3)14/h7,9,12H,4-6,8H2,1-3H3. The average molecular weight is 260 g/mol. The van der Waals surface area contributed by atoms with Crippen LogP contribution in [0, 0.1) is 0 Å². The van der Waals surface area contributed by atoms with E-state index in [1.54, 1.807) is 17.6 Å². The van der Waals surface area contributed by atoms with Crippen molar-refractivity contribution < 1.29 is 4.21 Å². The number of aromatic nitrogens is 1. The molecule has 16 heavy (non-hydrogen) atoms. The molecule has 1 atom stereocenters. The summed E-state index contributed by atoms with van der Waals surface area (Å²) in [4.78, 5) is 5.71. The smallest absolute Gasteiger partial charge is 0.107 e. The zero-order valence-corrected chi connectivity index (χ0v) is 11.8. The molecule has 5 heteroatoms. The highest BCUT2D eigenvalue weighted by atomic mass is 32.2. The summed E-state index contributed by atoms with van der Waals surface area (Å²) in [7, 11) is -0.669. The molecule has 0 bridgehead atoms. The van der Waals surface area contributed by atoms with Crippen LogP contribution in [0.5, 0.6) is 0 Å². The molecule has 0 spiro atoms. The highest BCUT2D eigenvalue weighted by Gasteiger charge is 2.04. The third kappa shape index (κ3) is 5.18. The molecule has 0 saturated heterocycles. The Kier molecular flexibility index (Phi) is 6.16. The van der Waals surface area contributed by atoms with Gasteiger partial charge in [-0.05, 0) is 18.9 Å². The Hall–Kier alpha value is -0.260. The van der Waals surface area contributed by atoms with Crippen molar-refractivity contribution in [2.45, 2.75) is 32.7 Å². The minimum atomic E-state index is -0.669. The number of thiazole rings is 1. The molecule has 0 aromatic carbocycles. The van der Waals surface area contributed by atoms with Crippen molar-refractivity contribution in [1.29, 1.82) is 0 Å². The molecule has 3 nitrogen and oxygen atoms in total. The van der Waals surface area contributed by atoms with E-state index >= 15 is 0 Å². The Morgan fingerprint density at radius 3 is 2.88 bits per heavy atom. The molecule has 0 aliphatic rings. The molecule has 1 aromatic rings. The summed E-state index contributed by atoms with van der Waals surface area (Å²) in [5.74, 6) is 1.34. The van der Waals surface area contributed by atoms with Crippen LogP contribution in [0.15, 0.2) is 6.20 Å². The third-order valence-corrected chi connectivity index (χ3v) is 4.36. The van der Waals surface area contributed by atoms with Gasteiger partial charge in [0.2, 0.25) is 0 Å². The van der Waals surface area contributed by atoms with Crippen LogP contribution in [-0.4, -0.2) is 27.7 Å². The van der Waals surface area contributed by atoms with Gasteiger partial charge in [-0.2, -0.15) is 0 Å². The molecule has 0 radical (unpaired) electrons. The first kappa shape index (κ1) is 13.8. The van der Waals surface area contributed by atoms with E-state index in [1.165, 1.54) is 4.88 Å². The number of rotatable bonds is 7. The lowest BCUT2D eigenvalue weighted by atomic mass is 10.2. The number of hydrogen-bond donors (Lipinski definition) is 1. The first-order valence-corrected chi connectivity index (χ1v) is 8.09. The van der Waals surface area contributed by atoms with Gasteiger partial charge < -0.3 is 5.32 Å². The monoisotopic (exact) mass is 260 g/mol. The van der Waals surface area contributed by atoms with E-state index in [0.29, 0.717) is 5.92 Å². The van der Waals surface area contributed by atoms with Gasteiger partial charge in [0.25, 0.3) is 0 Å². The zero-order chi connectivity index (χ0) is 12.0. The largest absolute Gasteiger partial charge is 0.310 e. The van der Waals surface area contributed by atoms with Crippen LogP contribution in [0.3, 0.4) is 0 Å². The van der Waals surface area contributed by atoms with E-state index in [4.69, 9.17) is 0 Å². The zero-order valence-electron chi connectivity index (χ0n) is 10.2. The van der Waals surface area contributed by atoms with Gasteiger partial charge in [0, 0.05) is 40.4 Å². The maximum Gasteiger partial charge on any atom is 0.107 e. The first-order valence-electron chi connectivity index (χ1n) is 5.55. The molecule has 0 saturated carbocycles. The highest BCUT2D eigenvalue weighted by molar-refractivity contribution is 7.84. The molecule has 0 fully saturated rings. The lowest BCUT2D eigenvalue weighted by Crippen LogP contribution is -2.16. The fraction of sp³-hybridized carbons (Fsp3) is 0.727. The van der Waals surface area contributed by atoms with Gasteiger partial charge >= 0.3 is 0 Å². The molecule has 1 unspecified atom stereocenters. The summed E-state index contributed by atoms with van der Waals surface area (Å²) < 4.78 is 10.8. The van der Waals surface area contributed by atoms with Crippen molar-refractivity contribution in [2.75, 3.05) is 18.6 Å². The fourth-order valence-electron chi connectivity index (χ4n) is 1.27. The van der Waals surface area contributed by atoms with Crippen LogP contribution >= 0.6 is 11.3 Å². The summed E-state index contributed by atoms with van der Waals surface area (Å²) in [6.45, 7) is 6.10. The molecule has 0 aliphatic carbocycles. The predicted octanol–water partition coefficient (Wildman–Crippen LogP) is 2.12. The van der Waals surface area contributed by atoms with Crippen LogP contribution < -0.4 is 5.32 Å². The van der Waals surface area contributed by atoms with Gasteiger partial charge in [0.1, 0.15) is 5.01 Å². The maximum atomic E-state index is 10.8. The summed E-state index contributed by atoms with van der Waals surface area (Å²) >= 11 is 1.77. The van der Waals surface area contributed by atoms with Gasteiger partial charge in [-0.15, -0.1) is 11.3 Å². The summed E-state index contributed by atoms with van der Waals surface area (Å²) in [6.07, 6.45) is 4.68. The van der Waals surface area contributed by atoms with Crippen molar-refractivity contribution in [3.63, 3.8) is 0 Å². The van der Waals surface area contributed by atoms with E-state index < -0.39 is 10.8 Å². The Labute approximate surface area is 104 Å². The molecule has 92 valence electrons. The molecule has 0 amide bonds. The molecule has 1 rings (SSSR count). The van der Waals surface area contributed by atoms with E-state index in [2.05, 4.69) is 24.1 Å². The Morgan fingerprint density at radius 1 is 1.56 bits per heavy atom. The predicted molar refractivity (Wildman–Crippen MR) is 71.5 cm³/mol. The van der Waals surface area contributed by atoms with Crippen LogP contribution in [0.2, 0.25) is 0 Å². The number of nitrogens with zero attached hydrogens (tertiary/aromatic N) is 1. The van der Waals surface area contributed by atoms with Crippen LogP contribution in [-0.2, 0) is 17.3 Å². The number of hydrogen-bond acceptors (Lipinski definition) is 4. The SMILES string of the molecule is CC(C)c1cnc(CNCCCS(C)=O)s1. The summed E-state index contributed by atoms with van der Waals surface area (Å²) in [6, 6.07) is 0. The first-order chi connectivity index (χ1) is 7.59. The highest BCUT2D eigenvalue weighted by Crippen LogP contribution is 2.21. The third-order valence-electron chi connectivity index (χ3n) is 2.20. The van der Waals surface area contributed by atoms with Crippen molar-refractivity contribution in [3.05, 3.63) is 16.1 Å². The Balaban J connectivity index is 2.19. The minimum absolute atomic E-state index is 0.564. The molecule has 1 aromatic heterocycles. The van der Waals surface area contributed by atoms with Gasteiger partial charge in [0.15, 0.2) is 0 Å². The molecule has 0 aliphatic heterocycles. The molecular formula is C11H20N2OS2. The maximum absolute atomic E-state index is 10.8. The van der Waals surface area contributed by atoms with Crippen LogP contribution in [0.25, 0.3) is 0 Å². The Bertz CT molecular complexity index is 336. The van der Waals surface area contributed by atoms with Gasteiger partial charge in [-0.1, -0.05) is 13.8 Å². The molecular weight excluding hydrogens is 240 g/mol. The van der Waals surface area contributed by atoms with Crippen molar-refractivity contribution in [3.8, 4) is 0 Å². The van der Waals surface area contributed by atoms with Crippen molar-refractivity contribution >= 4 is 22.1 Å². The second kappa shape index (κ2) is 7.14. The lowest BCUT2D eigenvalue weighted by Gasteiger charge is -2.01. The van der Waals surface area contributed by atoms with E-state index in [9.17, 15) is 4.21 Å². The summed E-state index contributed by atoms with van der Waals surface area (Å²) in [5.41, 5.74) is 0. The van der Waals surface area contributed by atoms with Gasteiger partial charge in [-0.3, -0.25) is 4.21 Å². The van der Waals surface area contributed by atoms with Crippen LogP contribution in [0.4, 0.5) is 0 Å². The fourth-order valence-corrected chi connectivity index (χ4v) is 2.71. The van der Waals surface area contributed by atoms with E-state index in [1.807, 2.05) is 6.20 Å². The Morgan fingerprint density at radius 2 is 2.31 bits per heavy atom. The van der Waals surface area contributed by atoms with Crippen molar-refractivity contribution in [1.82, 2.24) is 10.3 Å². The van der Waals surface area contributed by atoms with E-state index in [0.717, 1.165) is 30.3 Å². The second-order valence-corrected chi connectivity index (χ2v) is 6.82. The average Bonchev–Trinajstić information content (AvgIpc) is 2.65. The van der Waals surface area contributed by atoms with Gasteiger partial charge in [-0.25, -0.2) is 4.98 Å². The summed E-state index contributed by atoms with van der Waals surface area (Å²) in [5, 5.41) is 4.46. The topological polar surface area (TPSA) is 42.0 Å². The van der Waals surface area contributed by atoms with E-state index in [-0.39, 0.29) is 0 Å². The minimum Gasteiger partial charge on any atom is -0.310 e. The van der Waals surface area contributed by atoms with Crippen molar-refractivity contribution in [2.24, 2.45) is 0 Å². The molecule has 1 heterocycles. The molecule has 1 N–H and O–H groups in total. The quantitative estimate of drug-likeness (QED) is 0.764. The second-order valence-electron chi connectivity index (χ2n) is 4.12. The normalized spacial score (nSPS) is 13.2. The number of nitrogens with one attached hydrogen (secondary N) is 1. The van der Waals surface area contributed by atoms with Gasteiger partial charge in [0.05, 0.1) is 0 Å².